The number of nitrogens with zero attached hydrogens (tertiary/aromatic N) is 4. The SMILES string of the molecule is Cc1ccc(C(C)NC(=O)Cn2ncc3c(C)nn(C(C)C)c3c2=O)cc1. The number of nitrogens with one attached hydrogen (secondary N) is 1. The van der Waals surface area contributed by atoms with Crippen molar-refractivity contribution in [3.05, 3.63) is 57.6 Å². The number of amides is 1. The topological polar surface area (TPSA) is 81.8 Å². The smallest absolute Gasteiger partial charge is 0.293 e. The van der Waals surface area contributed by atoms with E-state index in [1.165, 1.54) is 10.2 Å². The predicted molar refractivity (Wildman–Crippen MR) is 105 cm³/mol. The Kier molecular flexibility index (Phi) is 5.12. The van der Waals surface area contributed by atoms with Crippen LogP contribution in [0.3, 0.4) is 0 Å². The van der Waals surface area contributed by atoms with Gasteiger partial charge in [-0.05, 0) is 40.2 Å². The largest absolute Gasteiger partial charge is 0.348 e. The van der Waals surface area contributed by atoms with Gasteiger partial charge in [-0.2, -0.15) is 10.2 Å². The van der Waals surface area contributed by atoms with Gasteiger partial charge in [0.1, 0.15) is 12.1 Å². The molecule has 1 amide bonds. The Morgan fingerprint density at radius 1 is 1.15 bits per heavy atom. The first-order valence-electron chi connectivity index (χ1n) is 9.08. The summed E-state index contributed by atoms with van der Waals surface area (Å²) in [6.07, 6.45) is 1.61. The summed E-state index contributed by atoms with van der Waals surface area (Å²) < 4.78 is 2.89. The number of fused-ring (bicyclic) bond motifs is 1. The number of benzene rings is 1. The van der Waals surface area contributed by atoms with Gasteiger partial charge in [-0.25, -0.2) is 4.68 Å². The highest BCUT2D eigenvalue weighted by Gasteiger charge is 2.17. The fraction of sp³-hybridized carbons (Fsp3) is 0.400. The van der Waals surface area contributed by atoms with Crippen LogP contribution in [-0.2, 0) is 11.3 Å². The molecule has 142 valence electrons. The molecule has 2 aromatic heterocycles. The van der Waals surface area contributed by atoms with Gasteiger partial charge in [-0.15, -0.1) is 0 Å². The van der Waals surface area contributed by atoms with E-state index in [9.17, 15) is 9.59 Å². The molecule has 1 unspecified atom stereocenters. The van der Waals surface area contributed by atoms with E-state index in [1.54, 1.807) is 10.9 Å². The second kappa shape index (κ2) is 7.34. The molecule has 0 aliphatic carbocycles. The van der Waals surface area contributed by atoms with Crippen molar-refractivity contribution >= 4 is 16.8 Å². The second-order valence-electron chi connectivity index (χ2n) is 7.19. The van der Waals surface area contributed by atoms with Crippen molar-refractivity contribution in [2.24, 2.45) is 0 Å². The first-order chi connectivity index (χ1) is 12.8. The van der Waals surface area contributed by atoms with Gasteiger partial charge in [0.15, 0.2) is 0 Å². The van der Waals surface area contributed by atoms with Crippen molar-refractivity contribution in [3.8, 4) is 0 Å². The van der Waals surface area contributed by atoms with Crippen molar-refractivity contribution < 1.29 is 4.79 Å². The van der Waals surface area contributed by atoms with Gasteiger partial charge in [0.2, 0.25) is 5.91 Å². The molecule has 27 heavy (non-hydrogen) atoms. The van der Waals surface area contributed by atoms with Crippen molar-refractivity contribution in [1.29, 1.82) is 0 Å². The van der Waals surface area contributed by atoms with Crippen LogP contribution in [-0.4, -0.2) is 25.5 Å². The third kappa shape index (κ3) is 3.77. The lowest BCUT2D eigenvalue weighted by Gasteiger charge is -2.15. The predicted octanol–water partition coefficient (Wildman–Crippen LogP) is 2.67. The summed E-state index contributed by atoms with van der Waals surface area (Å²) in [6, 6.07) is 7.88. The summed E-state index contributed by atoms with van der Waals surface area (Å²) in [5.41, 5.74) is 3.11. The third-order valence-electron chi connectivity index (χ3n) is 4.63. The molecular weight excluding hydrogens is 342 g/mol. The summed E-state index contributed by atoms with van der Waals surface area (Å²) in [5, 5.41) is 12.2. The Balaban J connectivity index is 1.82. The molecule has 2 heterocycles. The van der Waals surface area contributed by atoms with Crippen molar-refractivity contribution in [2.75, 3.05) is 0 Å². The van der Waals surface area contributed by atoms with E-state index < -0.39 is 0 Å². The van der Waals surface area contributed by atoms with Crippen molar-refractivity contribution in [2.45, 2.75) is 53.2 Å². The molecule has 7 heteroatoms. The molecule has 0 saturated heterocycles. The van der Waals surface area contributed by atoms with Gasteiger partial charge < -0.3 is 5.32 Å². The average Bonchev–Trinajstić information content (AvgIpc) is 2.95. The van der Waals surface area contributed by atoms with Crippen molar-refractivity contribution in [1.82, 2.24) is 24.9 Å². The normalized spacial score (nSPS) is 12.5. The molecule has 3 aromatic rings. The summed E-state index contributed by atoms with van der Waals surface area (Å²) in [4.78, 5) is 25.3. The summed E-state index contributed by atoms with van der Waals surface area (Å²) in [7, 11) is 0. The molecule has 0 radical (unpaired) electrons. The second-order valence-corrected chi connectivity index (χ2v) is 7.19. The average molecular weight is 367 g/mol. The highest BCUT2D eigenvalue weighted by molar-refractivity contribution is 5.81. The van der Waals surface area contributed by atoms with Crippen LogP contribution in [0.15, 0.2) is 35.3 Å². The van der Waals surface area contributed by atoms with E-state index in [2.05, 4.69) is 15.5 Å². The fourth-order valence-electron chi connectivity index (χ4n) is 3.08. The molecule has 0 saturated carbocycles. The first kappa shape index (κ1) is 18.8. The van der Waals surface area contributed by atoms with Crippen LogP contribution in [0.1, 0.15) is 49.7 Å². The number of carbonyl (C=O) groups excluding carboxylic acids is 1. The summed E-state index contributed by atoms with van der Waals surface area (Å²) in [5.74, 6) is -0.260. The molecule has 0 fully saturated rings. The zero-order valence-electron chi connectivity index (χ0n) is 16.4. The van der Waals surface area contributed by atoms with Crippen LogP contribution >= 0.6 is 0 Å². The number of hydrogen-bond acceptors (Lipinski definition) is 4. The van der Waals surface area contributed by atoms with Crippen LogP contribution in [0, 0.1) is 13.8 Å². The molecule has 3 rings (SSSR count). The first-order valence-corrected chi connectivity index (χ1v) is 9.08. The van der Waals surface area contributed by atoms with E-state index in [0.717, 1.165) is 16.6 Å². The van der Waals surface area contributed by atoms with Crippen molar-refractivity contribution in [3.63, 3.8) is 0 Å². The molecular formula is C20H25N5O2. The molecule has 0 aliphatic rings. The summed E-state index contributed by atoms with van der Waals surface area (Å²) >= 11 is 0. The van der Waals surface area contributed by atoms with Crippen LogP contribution in [0.4, 0.5) is 0 Å². The standard InChI is InChI=1S/C20H25N5O2/c1-12(2)25-19-17(15(5)23-25)10-21-24(20(19)27)11-18(26)22-14(4)16-8-6-13(3)7-9-16/h6-10,12,14H,11H2,1-5H3,(H,22,26). The van der Waals surface area contributed by atoms with E-state index >= 15 is 0 Å². The number of aromatic nitrogens is 4. The Hall–Kier alpha value is -2.96. The molecule has 7 nitrogen and oxygen atoms in total. The van der Waals surface area contributed by atoms with Crippen LogP contribution in [0.2, 0.25) is 0 Å². The van der Waals surface area contributed by atoms with E-state index in [0.29, 0.717) is 5.52 Å². The van der Waals surface area contributed by atoms with E-state index in [4.69, 9.17) is 0 Å². The Morgan fingerprint density at radius 3 is 2.44 bits per heavy atom. The third-order valence-corrected chi connectivity index (χ3v) is 4.63. The monoisotopic (exact) mass is 367 g/mol. The van der Waals surface area contributed by atoms with Gasteiger partial charge in [-0.3, -0.25) is 14.3 Å². The maximum absolute atomic E-state index is 12.9. The lowest BCUT2D eigenvalue weighted by Crippen LogP contribution is -2.35. The Labute approximate surface area is 158 Å². The number of hydrogen-bond donors (Lipinski definition) is 1. The number of rotatable bonds is 5. The molecule has 0 bridgehead atoms. The van der Waals surface area contributed by atoms with Crippen LogP contribution < -0.4 is 10.9 Å². The van der Waals surface area contributed by atoms with E-state index in [1.807, 2.05) is 58.9 Å². The van der Waals surface area contributed by atoms with Gasteiger partial charge >= 0.3 is 0 Å². The van der Waals surface area contributed by atoms with Gasteiger partial charge in [0.05, 0.1) is 17.9 Å². The Bertz CT molecular complexity index is 1030. The Morgan fingerprint density at radius 2 is 1.81 bits per heavy atom. The lowest BCUT2D eigenvalue weighted by atomic mass is 10.1. The molecule has 1 atom stereocenters. The lowest BCUT2D eigenvalue weighted by molar-refractivity contribution is -0.122. The summed E-state index contributed by atoms with van der Waals surface area (Å²) in [6.45, 7) is 9.58. The minimum Gasteiger partial charge on any atom is -0.348 e. The molecule has 0 aliphatic heterocycles. The quantitative estimate of drug-likeness (QED) is 0.752. The van der Waals surface area contributed by atoms with Gasteiger partial charge in [0, 0.05) is 11.4 Å². The highest BCUT2D eigenvalue weighted by atomic mass is 16.2. The molecule has 0 spiro atoms. The van der Waals surface area contributed by atoms with E-state index in [-0.39, 0.29) is 30.1 Å². The zero-order chi connectivity index (χ0) is 19.7. The minimum absolute atomic E-state index is 0.0418. The number of aryl methyl sites for hydroxylation is 2. The van der Waals surface area contributed by atoms with Crippen LogP contribution in [0.5, 0.6) is 0 Å². The molecule has 1 aromatic carbocycles. The molecule has 1 N–H and O–H groups in total. The van der Waals surface area contributed by atoms with Crippen LogP contribution in [0.25, 0.3) is 10.9 Å². The highest BCUT2D eigenvalue weighted by Crippen LogP contribution is 2.17. The zero-order valence-corrected chi connectivity index (χ0v) is 16.4. The minimum atomic E-state index is -0.306. The number of carbonyl (C=O) groups is 1. The maximum Gasteiger partial charge on any atom is 0.293 e. The van der Waals surface area contributed by atoms with Gasteiger partial charge in [0.25, 0.3) is 5.56 Å². The maximum atomic E-state index is 12.9. The van der Waals surface area contributed by atoms with Gasteiger partial charge in [-0.1, -0.05) is 29.8 Å². The fourth-order valence-corrected chi connectivity index (χ4v) is 3.08.